The molecule has 1 aromatic carbocycles. The van der Waals surface area contributed by atoms with Crippen LogP contribution in [0.15, 0.2) is 24.3 Å². The third-order valence-electron chi connectivity index (χ3n) is 5.37. The highest BCUT2D eigenvalue weighted by Gasteiger charge is 2.50. The Bertz CT molecular complexity index is 730. The molecule has 1 aromatic rings. The van der Waals surface area contributed by atoms with Gasteiger partial charge in [0.1, 0.15) is 17.9 Å². The molecule has 140 valence electrons. The van der Waals surface area contributed by atoms with Crippen LogP contribution in [0.5, 0.6) is 0 Å². The lowest BCUT2D eigenvalue weighted by atomic mass is 9.87. The van der Waals surface area contributed by atoms with Crippen LogP contribution in [-0.2, 0) is 15.1 Å². The summed E-state index contributed by atoms with van der Waals surface area (Å²) in [5.74, 6) is -0.910. The third kappa shape index (κ3) is 3.43. The molecule has 0 aromatic heterocycles. The fraction of sp³-hybridized carbons (Fsp3) is 0.526. The van der Waals surface area contributed by atoms with Crippen molar-refractivity contribution in [3.8, 4) is 0 Å². The molecule has 1 unspecified atom stereocenters. The molecule has 6 nitrogen and oxygen atoms in total. The van der Waals surface area contributed by atoms with Crippen molar-refractivity contribution in [2.45, 2.75) is 51.1 Å². The van der Waals surface area contributed by atoms with Crippen LogP contribution >= 0.6 is 0 Å². The molecular weight excluding hydrogens is 337 g/mol. The van der Waals surface area contributed by atoms with E-state index in [1.807, 2.05) is 0 Å². The maximum Gasteiger partial charge on any atom is 0.325 e. The van der Waals surface area contributed by atoms with Crippen LogP contribution in [-0.4, -0.2) is 35.3 Å². The van der Waals surface area contributed by atoms with Crippen LogP contribution in [0.3, 0.4) is 0 Å². The first-order chi connectivity index (χ1) is 12.3. The van der Waals surface area contributed by atoms with Gasteiger partial charge in [-0.2, -0.15) is 0 Å². The number of hydrogen-bond donors (Lipinski definition) is 2. The minimum Gasteiger partial charge on any atom is -0.352 e. The zero-order valence-corrected chi connectivity index (χ0v) is 15.0. The second kappa shape index (κ2) is 7.05. The Morgan fingerprint density at radius 1 is 1.27 bits per heavy atom. The van der Waals surface area contributed by atoms with Crippen LogP contribution in [0, 0.1) is 11.7 Å². The lowest BCUT2D eigenvalue weighted by Gasteiger charge is -2.27. The quantitative estimate of drug-likeness (QED) is 0.808. The smallest absolute Gasteiger partial charge is 0.325 e. The van der Waals surface area contributed by atoms with Gasteiger partial charge in [-0.3, -0.25) is 14.5 Å². The van der Waals surface area contributed by atoms with E-state index < -0.39 is 23.3 Å². The van der Waals surface area contributed by atoms with E-state index in [0.29, 0.717) is 5.92 Å². The summed E-state index contributed by atoms with van der Waals surface area (Å²) >= 11 is 0. The minimum absolute atomic E-state index is 0.0809. The van der Waals surface area contributed by atoms with E-state index in [9.17, 15) is 18.8 Å². The summed E-state index contributed by atoms with van der Waals surface area (Å²) in [6, 6.07) is 5.20. The van der Waals surface area contributed by atoms with Gasteiger partial charge in [-0.15, -0.1) is 0 Å². The van der Waals surface area contributed by atoms with Gasteiger partial charge in [-0.1, -0.05) is 25.1 Å². The number of halogens is 1. The summed E-state index contributed by atoms with van der Waals surface area (Å²) in [4.78, 5) is 38.2. The lowest BCUT2D eigenvalue weighted by molar-refractivity contribution is -0.135. The lowest BCUT2D eigenvalue weighted by Crippen LogP contribution is -2.46. The molecule has 3 rings (SSSR count). The van der Waals surface area contributed by atoms with Gasteiger partial charge in [0.25, 0.3) is 5.91 Å². The molecule has 1 heterocycles. The summed E-state index contributed by atoms with van der Waals surface area (Å²) in [6.45, 7) is 3.28. The largest absolute Gasteiger partial charge is 0.352 e. The fourth-order valence-electron chi connectivity index (χ4n) is 3.71. The Kier molecular flexibility index (Phi) is 4.98. The maximum atomic E-state index is 14.1. The first-order valence-corrected chi connectivity index (χ1v) is 8.99. The highest BCUT2D eigenvalue weighted by Crippen LogP contribution is 2.30. The second-order valence-corrected chi connectivity index (χ2v) is 7.45. The molecule has 0 radical (unpaired) electrons. The van der Waals surface area contributed by atoms with Gasteiger partial charge >= 0.3 is 6.03 Å². The summed E-state index contributed by atoms with van der Waals surface area (Å²) in [5, 5.41) is 5.42. The number of urea groups is 1. The molecule has 1 aliphatic carbocycles. The Morgan fingerprint density at radius 3 is 2.58 bits per heavy atom. The highest BCUT2D eigenvalue weighted by atomic mass is 19.1. The SMILES string of the molecule is CC1CCC(NC(=O)CN2C(=O)NC(C)(c3ccccc3F)C2=O)CC1. The summed E-state index contributed by atoms with van der Waals surface area (Å²) in [7, 11) is 0. The molecule has 4 amide bonds. The molecule has 0 spiro atoms. The molecule has 1 saturated heterocycles. The fourth-order valence-corrected chi connectivity index (χ4v) is 3.71. The number of hydrogen-bond acceptors (Lipinski definition) is 3. The predicted octanol–water partition coefficient (Wildman–Crippen LogP) is 2.29. The van der Waals surface area contributed by atoms with Crippen molar-refractivity contribution in [2.24, 2.45) is 5.92 Å². The Hall–Kier alpha value is -2.44. The van der Waals surface area contributed by atoms with Crippen LogP contribution in [0.25, 0.3) is 0 Å². The van der Waals surface area contributed by atoms with E-state index >= 15 is 0 Å². The first-order valence-electron chi connectivity index (χ1n) is 8.99. The van der Waals surface area contributed by atoms with Crippen molar-refractivity contribution in [3.63, 3.8) is 0 Å². The van der Waals surface area contributed by atoms with Gasteiger partial charge in [-0.05, 0) is 44.6 Å². The van der Waals surface area contributed by atoms with E-state index in [4.69, 9.17) is 0 Å². The standard InChI is InChI=1S/C19H24FN3O3/c1-12-7-9-13(10-8-12)21-16(24)11-23-17(25)19(2,22-18(23)26)14-5-3-4-6-15(14)20/h3-6,12-13H,7-11H2,1-2H3,(H,21,24)(H,22,26). The minimum atomic E-state index is -1.51. The van der Waals surface area contributed by atoms with Crippen molar-refractivity contribution in [2.75, 3.05) is 6.54 Å². The molecule has 0 bridgehead atoms. The summed E-state index contributed by atoms with van der Waals surface area (Å²) in [5.41, 5.74) is -1.43. The summed E-state index contributed by atoms with van der Waals surface area (Å²) in [6.07, 6.45) is 3.92. The van der Waals surface area contributed by atoms with Crippen molar-refractivity contribution in [1.29, 1.82) is 0 Å². The average Bonchev–Trinajstić information content (AvgIpc) is 2.81. The van der Waals surface area contributed by atoms with Crippen molar-refractivity contribution >= 4 is 17.8 Å². The maximum absolute atomic E-state index is 14.1. The van der Waals surface area contributed by atoms with Crippen molar-refractivity contribution < 1.29 is 18.8 Å². The van der Waals surface area contributed by atoms with Crippen molar-refractivity contribution in [1.82, 2.24) is 15.5 Å². The first kappa shape index (κ1) is 18.4. The molecule has 2 fully saturated rings. The van der Waals surface area contributed by atoms with E-state index in [2.05, 4.69) is 17.6 Å². The highest BCUT2D eigenvalue weighted by molar-refractivity contribution is 6.09. The van der Waals surface area contributed by atoms with E-state index in [1.165, 1.54) is 25.1 Å². The number of rotatable bonds is 4. The van der Waals surface area contributed by atoms with Gasteiger partial charge < -0.3 is 10.6 Å². The Morgan fingerprint density at radius 2 is 1.92 bits per heavy atom. The molecule has 7 heteroatoms. The monoisotopic (exact) mass is 361 g/mol. The zero-order chi connectivity index (χ0) is 18.9. The van der Waals surface area contributed by atoms with E-state index in [-0.39, 0.29) is 24.1 Å². The van der Waals surface area contributed by atoms with Crippen LogP contribution in [0.1, 0.15) is 45.1 Å². The number of nitrogens with zero attached hydrogens (tertiary/aromatic N) is 1. The number of nitrogens with one attached hydrogen (secondary N) is 2. The third-order valence-corrected chi connectivity index (χ3v) is 5.37. The molecule has 1 atom stereocenters. The van der Waals surface area contributed by atoms with Crippen LogP contribution in [0.2, 0.25) is 0 Å². The second-order valence-electron chi connectivity index (χ2n) is 7.45. The number of carbonyl (C=O) groups excluding carboxylic acids is 3. The molecule has 1 saturated carbocycles. The zero-order valence-electron chi connectivity index (χ0n) is 15.0. The number of imide groups is 1. The summed E-state index contributed by atoms with van der Waals surface area (Å²) < 4.78 is 14.1. The molecule has 2 N–H and O–H groups in total. The number of amides is 4. The predicted molar refractivity (Wildman–Crippen MR) is 93.6 cm³/mol. The van der Waals surface area contributed by atoms with Gasteiger partial charge in [0.05, 0.1) is 0 Å². The molecule has 1 aliphatic heterocycles. The van der Waals surface area contributed by atoms with E-state index in [0.717, 1.165) is 30.6 Å². The average molecular weight is 361 g/mol. The Balaban J connectivity index is 1.67. The molecule has 26 heavy (non-hydrogen) atoms. The van der Waals surface area contributed by atoms with Gasteiger partial charge in [-0.25, -0.2) is 9.18 Å². The Labute approximate surface area is 152 Å². The van der Waals surface area contributed by atoms with Crippen LogP contribution < -0.4 is 10.6 Å². The number of carbonyl (C=O) groups is 3. The van der Waals surface area contributed by atoms with Crippen LogP contribution in [0.4, 0.5) is 9.18 Å². The molecule has 2 aliphatic rings. The molecular formula is C19H24FN3O3. The normalized spacial score (nSPS) is 28.8. The van der Waals surface area contributed by atoms with E-state index in [1.54, 1.807) is 6.07 Å². The van der Waals surface area contributed by atoms with Gasteiger partial charge in [0.2, 0.25) is 5.91 Å². The topological polar surface area (TPSA) is 78.5 Å². The van der Waals surface area contributed by atoms with Crippen molar-refractivity contribution in [3.05, 3.63) is 35.6 Å². The number of benzene rings is 1. The van der Waals surface area contributed by atoms with Gasteiger partial charge in [0, 0.05) is 11.6 Å². The van der Waals surface area contributed by atoms with Gasteiger partial charge in [0.15, 0.2) is 0 Å².